The molecule has 0 saturated carbocycles. The molecule has 1 aromatic rings. The van der Waals surface area contributed by atoms with Gasteiger partial charge in [-0.1, -0.05) is 22.9 Å². The van der Waals surface area contributed by atoms with E-state index in [9.17, 15) is 13.2 Å². The SMILES string of the molecule is CCCOc1cc(Br)cc(OC(F)(F)F)c1. The lowest BCUT2D eigenvalue weighted by Gasteiger charge is -2.11. The molecule has 1 aromatic carbocycles. The molecule has 0 unspecified atom stereocenters. The van der Waals surface area contributed by atoms with Crippen LogP contribution in [0.3, 0.4) is 0 Å². The quantitative estimate of drug-likeness (QED) is 0.832. The van der Waals surface area contributed by atoms with Crippen LogP contribution < -0.4 is 9.47 Å². The van der Waals surface area contributed by atoms with Crippen LogP contribution >= 0.6 is 15.9 Å². The average molecular weight is 299 g/mol. The Morgan fingerprint density at radius 1 is 1.19 bits per heavy atom. The first-order valence-corrected chi connectivity index (χ1v) is 5.39. The summed E-state index contributed by atoms with van der Waals surface area (Å²) in [5.41, 5.74) is 0. The summed E-state index contributed by atoms with van der Waals surface area (Å²) >= 11 is 3.09. The van der Waals surface area contributed by atoms with E-state index >= 15 is 0 Å². The summed E-state index contributed by atoms with van der Waals surface area (Å²) in [6.07, 6.45) is -3.91. The van der Waals surface area contributed by atoms with Gasteiger partial charge in [0.05, 0.1) is 6.61 Å². The Labute approximate surface area is 99.5 Å². The van der Waals surface area contributed by atoms with Crippen molar-refractivity contribution in [1.29, 1.82) is 0 Å². The van der Waals surface area contributed by atoms with Crippen LogP contribution in [0, 0.1) is 0 Å². The summed E-state index contributed by atoms with van der Waals surface area (Å²) in [6, 6.07) is 4.01. The van der Waals surface area contributed by atoms with Crippen LogP contribution in [0.25, 0.3) is 0 Å². The summed E-state index contributed by atoms with van der Waals surface area (Å²) < 4.78 is 45.4. The molecule has 0 radical (unpaired) electrons. The molecule has 0 amide bonds. The standard InChI is InChI=1S/C10H10BrF3O2/c1-2-3-15-8-4-7(11)5-9(6-8)16-10(12,13)14/h4-6H,2-3H2,1H3. The highest BCUT2D eigenvalue weighted by Crippen LogP contribution is 2.30. The van der Waals surface area contributed by atoms with Crippen LogP contribution in [0.15, 0.2) is 22.7 Å². The Morgan fingerprint density at radius 3 is 2.38 bits per heavy atom. The van der Waals surface area contributed by atoms with Crippen LogP contribution in [0.4, 0.5) is 13.2 Å². The van der Waals surface area contributed by atoms with Gasteiger partial charge < -0.3 is 9.47 Å². The number of hydrogen-bond acceptors (Lipinski definition) is 2. The van der Waals surface area contributed by atoms with Crippen molar-refractivity contribution in [2.24, 2.45) is 0 Å². The van der Waals surface area contributed by atoms with Gasteiger partial charge in [-0.3, -0.25) is 0 Å². The maximum atomic E-state index is 12.0. The zero-order chi connectivity index (χ0) is 12.2. The fraction of sp³-hybridized carbons (Fsp3) is 0.400. The zero-order valence-electron chi connectivity index (χ0n) is 8.47. The molecule has 16 heavy (non-hydrogen) atoms. The molecule has 0 aliphatic heterocycles. The third-order valence-electron chi connectivity index (χ3n) is 1.55. The first kappa shape index (κ1) is 13.2. The summed E-state index contributed by atoms with van der Waals surface area (Å²) in [4.78, 5) is 0. The molecule has 0 aliphatic carbocycles. The van der Waals surface area contributed by atoms with Gasteiger partial charge in [-0.15, -0.1) is 13.2 Å². The summed E-state index contributed by atoms with van der Waals surface area (Å²) in [5, 5.41) is 0. The van der Waals surface area contributed by atoms with Crippen molar-refractivity contribution in [3.05, 3.63) is 22.7 Å². The normalized spacial score (nSPS) is 11.3. The van der Waals surface area contributed by atoms with E-state index in [1.54, 1.807) is 6.07 Å². The number of ether oxygens (including phenoxy) is 2. The van der Waals surface area contributed by atoms with Crippen molar-refractivity contribution in [2.45, 2.75) is 19.7 Å². The highest BCUT2D eigenvalue weighted by atomic mass is 79.9. The Hall–Kier alpha value is -0.910. The Bertz CT molecular complexity index is 352. The summed E-state index contributed by atoms with van der Waals surface area (Å²) in [5.74, 6) is 0.0449. The maximum Gasteiger partial charge on any atom is 0.573 e. The van der Waals surface area contributed by atoms with Gasteiger partial charge in [0, 0.05) is 10.5 Å². The van der Waals surface area contributed by atoms with Crippen LogP contribution in [0.1, 0.15) is 13.3 Å². The first-order valence-electron chi connectivity index (χ1n) is 4.60. The smallest absolute Gasteiger partial charge is 0.493 e. The van der Waals surface area contributed by atoms with E-state index in [4.69, 9.17) is 4.74 Å². The van der Waals surface area contributed by atoms with Crippen LogP contribution in [-0.2, 0) is 0 Å². The van der Waals surface area contributed by atoms with Gasteiger partial charge in [0.1, 0.15) is 11.5 Å². The van der Waals surface area contributed by atoms with Crippen LogP contribution in [-0.4, -0.2) is 13.0 Å². The topological polar surface area (TPSA) is 18.5 Å². The molecule has 0 aliphatic rings. The number of benzene rings is 1. The van der Waals surface area contributed by atoms with E-state index < -0.39 is 6.36 Å². The van der Waals surface area contributed by atoms with Gasteiger partial charge in [-0.05, 0) is 18.6 Å². The molecule has 0 saturated heterocycles. The fourth-order valence-corrected chi connectivity index (χ4v) is 1.48. The highest BCUT2D eigenvalue weighted by molar-refractivity contribution is 9.10. The molecule has 0 spiro atoms. The maximum absolute atomic E-state index is 12.0. The van der Waals surface area contributed by atoms with E-state index in [1.807, 2.05) is 6.92 Å². The van der Waals surface area contributed by atoms with Crippen molar-refractivity contribution < 1.29 is 22.6 Å². The number of alkyl halides is 3. The highest BCUT2D eigenvalue weighted by Gasteiger charge is 2.31. The van der Waals surface area contributed by atoms with Crippen molar-refractivity contribution in [3.63, 3.8) is 0 Å². The van der Waals surface area contributed by atoms with Crippen LogP contribution in [0.2, 0.25) is 0 Å². The molecule has 0 atom stereocenters. The molecule has 1 rings (SSSR count). The second kappa shape index (κ2) is 5.43. The second-order valence-corrected chi connectivity index (χ2v) is 3.93. The number of rotatable bonds is 4. The van der Waals surface area contributed by atoms with E-state index in [1.165, 1.54) is 12.1 Å². The summed E-state index contributed by atoms with van der Waals surface area (Å²) in [6.45, 7) is 2.35. The molecule has 0 fully saturated rings. The minimum absolute atomic E-state index is 0.298. The zero-order valence-corrected chi connectivity index (χ0v) is 10.1. The van der Waals surface area contributed by atoms with E-state index in [0.29, 0.717) is 16.8 Å². The van der Waals surface area contributed by atoms with Crippen LogP contribution in [0.5, 0.6) is 11.5 Å². The fourth-order valence-electron chi connectivity index (χ4n) is 1.03. The average Bonchev–Trinajstić information content (AvgIpc) is 2.10. The van der Waals surface area contributed by atoms with E-state index in [-0.39, 0.29) is 5.75 Å². The molecular weight excluding hydrogens is 289 g/mol. The molecule has 90 valence electrons. The van der Waals surface area contributed by atoms with Gasteiger partial charge in [0.15, 0.2) is 0 Å². The number of hydrogen-bond donors (Lipinski definition) is 0. The largest absolute Gasteiger partial charge is 0.573 e. The molecule has 0 heterocycles. The van der Waals surface area contributed by atoms with Crippen molar-refractivity contribution in [2.75, 3.05) is 6.61 Å². The molecule has 6 heteroatoms. The Kier molecular flexibility index (Phi) is 4.46. The number of halogens is 4. The predicted octanol–water partition coefficient (Wildman–Crippen LogP) is 4.14. The van der Waals surface area contributed by atoms with Crippen molar-refractivity contribution in [3.8, 4) is 11.5 Å². The van der Waals surface area contributed by atoms with Gasteiger partial charge in [-0.2, -0.15) is 0 Å². The Morgan fingerprint density at radius 2 is 1.81 bits per heavy atom. The molecule has 0 aromatic heterocycles. The summed E-state index contributed by atoms with van der Waals surface area (Å²) in [7, 11) is 0. The lowest BCUT2D eigenvalue weighted by molar-refractivity contribution is -0.274. The van der Waals surface area contributed by atoms with Gasteiger partial charge in [0.25, 0.3) is 0 Å². The lowest BCUT2D eigenvalue weighted by atomic mass is 10.3. The third-order valence-corrected chi connectivity index (χ3v) is 2.01. The third kappa shape index (κ3) is 4.74. The van der Waals surface area contributed by atoms with Gasteiger partial charge in [0.2, 0.25) is 0 Å². The molecule has 2 nitrogen and oxygen atoms in total. The minimum atomic E-state index is -4.69. The molecule has 0 N–H and O–H groups in total. The molecule has 0 bridgehead atoms. The predicted molar refractivity (Wildman–Crippen MR) is 56.6 cm³/mol. The van der Waals surface area contributed by atoms with Crippen molar-refractivity contribution >= 4 is 15.9 Å². The molecular formula is C10H10BrF3O2. The monoisotopic (exact) mass is 298 g/mol. The first-order chi connectivity index (χ1) is 7.40. The van der Waals surface area contributed by atoms with Gasteiger partial charge in [-0.25, -0.2) is 0 Å². The van der Waals surface area contributed by atoms with E-state index in [0.717, 1.165) is 6.42 Å². The minimum Gasteiger partial charge on any atom is -0.493 e. The lowest BCUT2D eigenvalue weighted by Crippen LogP contribution is -2.17. The van der Waals surface area contributed by atoms with E-state index in [2.05, 4.69) is 20.7 Å². The Balaban J connectivity index is 2.81. The second-order valence-electron chi connectivity index (χ2n) is 3.02. The van der Waals surface area contributed by atoms with Crippen molar-refractivity contribution in [1.82, 2.24) is 0 Å². The van der Waals surface area contributed by atoms with Gasteiger partial charge >= 0.3 is 6.36 Å².